The van der Waals surface area contributed by atoms with E-state index in [1.807, 2.05) is 30.3 Å². The van der Waals surface area contributed by atoms with Crippen LogP contribution in [0.4, 0.5) is 0 Å². The molecule has 0 aliphatic heterocycles. The fourth-order valence-corrected chi connectivity index (χ4v) is 3.30. The zero-order chi connectivity index (χ0) is 17.4. The summed E-state index contributed by atoms with van der Waals surface area (Å²) in [6, 6.07) is 4.43. The summed E-state index contributed by atoms with van der Waals surface area (Å²) >= 11 is 3.61. The van der Waals surface area contributed by atoms with Gasteiger partial charge < -0.3 is 15.2 Å². The third-order valence-corrected chi connectivity index (χ3v) is 5.45. The van der Waals surface area contributed by atoms with E-state index in [-0.39, 0.29) is 6.04 Å². The standard InChI is InChI=1S/C16H26N6S2/c1-12(14-7-5-10-24-14)19-16(17-8-6-9-23-4)18-11-15-21-20-13(2)22(15)3/h5,7,10,12H,6,8-9,11H2,1-4H3,(H2,17,18,19). The molecule has 0 amide bonds. The normalized spacial score (nSPS) is 13.1. The molecule has 1 atom stereocenters. The van der Waals surface area contributed by atoms with E-state index in [9.17, 15) is 0 Å². The first-order chi connectivity index (χ1) is 11.6. The summed E-state index contributed by atoms with van der Waals surface area (Å²) in [5, 5.41) is 17.2. The van der Waals surface area contributed by atoms with Crippen LogP contribution in [0.5, 0.6) is 0 Å². The number of rotatable bonds is 8. The van der Waals surface area contributed by atoms with E-state index in [0.29, 0.717) is 6.54 Å². The minimum Gasteiger partial charge on any atom is -0.356 e. The first-order valence-corrected chi connectivity index (χ1v) is 10.3. The molecule has 0 saturated carbocycles. The SMILES string of the molecule is CSCCCNC(=NCc1nnc(C)n1C)NC(C)c1cccs1. The minimum absolute atomic E-state index is 0.220. The van der Waals surface area contributed by atoms with Crippen molar-refractivity contribution in [3.63, 3.8) is 0 Å². The fourth-order valence-electron chi connectivity index (χ4n) is 2.13. The topological polar surface area (TPSA) is 67.1 Å². The second-order valence-electron chi connectivity index (χ2n) is 5.54. The molecule has 0 fully saturated rings. The van der Waals surface area contributed by atoms with Crippen LogP contribution in [0.2, 0.25) is 0 Å². The summed E-state index contributed by atoms with van der Waals surface area (Å²) in [5.41, 5.74) is 0. The van der Waals surface area contributed by atoms with Crippen molar-refractivity contribution in [2.24, 2.45) is 12.0 Å². The Morgan fingerprint density at radius 2 is 2.29 bits per heavy atom. The van der Waals surface area contributed by atoms with Crippen LogP contribution >= 0.6 is 23.1 Å². The van der Waals surface area contributed by atoms with E-state index in [2.05, 4.69) is 56.5 Å². The number of aromatic nitrogens is 3. The molecule has 2 heterocycles. The van der Waals surface area contributed by atoms with Crippen molar-refractivity contribution in [1.82, 2.24) is 25.4 Å². The van der Waals surface area contributed by atoms with Gasteiger partial charge in [0.15, 0.2) is 11.8 Å². The van der Waals surface area contributed by atoms with Crippen LogP contribution in [-0.2, 0) is 13.6 Å². The van der Waals surface area contributed by atoms with Gasteiger partial charge in [-0.05, 0) is 43.7 Å². The number of hydrogen-bond donors (Lipinski definition) is 2. The second-order valence-corrected chi connectivity index (χ2v) is 7.51. The summed E-state index contributed by atoms with van der Waals surface area (Å²) < 4.78 is 1.97. The molecular weight excluding hydrogens is 340 g/mol. The Balaban J connectivity index is 2.00. The van der Waals surface area contributed by atoms with Crippen LogP contribution < -0.4 is 10.6 Å². The average molecular weight is 367 g/mol. The maximum atomic E-state index is 4.68. The molecule has 0 aliphatic rings. The third kappa shape index (κ3) is 5.52. The average Bonchev–Trinajstić information content (AvgIpc) is 3.21. The Labute approximate surface area is 152 Å². The molecule has 0 aliphatic carbocycles. The quantitative estimate of drug-likeness (QED) is 0.427. The van der Waals surface area contributed by atoms with Gasteiger partial charge in [0.25, 0.3) is 0 Å². The summed E-state index contributed by atoms with van der Waals surface area (Å²) in [7, 11) is 1.97. The van der Waals surface area contributed by atoms with E-state index in [1.54, 1.807) is 11.3 Å². The van der Waals surface area contributed by atoms with Gasteiger partial charge in [-0.3, -0.25) is 0 Å². The maximum Gasteiger partial charge on any atom is 0.192 e. The molecule has 0 radical (unpaired) electrons. The van der Waals surface area contributed by atoms with E-state index >= 15 is 0 Å². The number of hydrogen-bond acceptors (Lipinski definition) is 5. The summed E-state index contributed by atoms with van der Waals surface area (Å²) in [4.78, 5) is 5.98. The van der Waals surface area contributed by atoms with E-state index in [1.165, 1.54) is 4.88 Å². The zero-order valence-corrected chi connectivity index (χ0v) is 16.4. The van der Waals surface area contributed by atoms with Crippen molar-refractivity contribution < 1.29 is 0 Å². The molecule has 1 unspecified atom stereocenters. The van der Waals surface area contributed by atoms with Crippen LogP contribution in [0.25, 0.3) is 0 Å². The number of aryl methyl sites for hydroxylation is 1. The summed E-state index contributed by atoms with van der Waals surface area (Å²) in [5.74, 6) is 3.72. The monoisotopic (exact) mass is 366 g/mol. The van der Waals surface area contributed by atoms with Gasteiger partial charge in [0.1, 0.15) is 12.4 Å². The largest absolute Gasteiger partial charge is 0.356 e. The lowest BCUT2D eigenvalue weighted by atomic mass is 10.3. The van der Waals surface area contributed by atoms with Gasteiger partial charge in [0.2, 0.25) is 0 Å². The Hall–Kier alpha value is -1.54. The van der Waals surface area contributed by atoms with E-state index < -0.39 is 0 Å². The van der Waals surface area contributed by atoms with Crippen molar-refractivity contribution in [1.29, 1.82) is 0 Å². The van der Waals surface area contributed by atoms with Gasteiger partial charge in [-0.1, -0.05) is 6.07 Å². The Kier molecular flexibility index (Phi) is 7.58. The number of thioether (sulfide) groups is 1. The molecule has 2 aromatic heterocycles. The van der Waals surface area contributed by atoms with Crippen LogP contribution in [0, 0.1) is 6.92 Å². The van der Waals surface area contributed by atoms with Crippen molar-refractivity contribution in [3.05, 3.63) is 34.0 Å². The molecular formula is C16H26N6S2. The molecule has 2 N–H and O–H groups in total. The predicted molar refractivity (Wildman–Crippen MR) is 104 cm³/mol. The number of guanidine groups is 1. The summed E-state index contributed by atoms with van der Waals surface area (Å²) in [6.07, 6.45) is 3.24. The molecule has 24 heavy (non-hydrogen) atoms. The van der Waals surface area contributed by atoms with Gasteiger partial charge in [-0.15, -0.1) is 21.5 Å². The Morgan fingerprint density at radius 1 is 1.46 bits per heavy atom. The summed E-state index contributed by atoms with van der Waals surface area (Å²) in [6.45, 7) is 5.50. The zero-order valence-electron chi connectivity index (χ0n) is 14.7. The Bertz CT molecular complexity index is 635. The molecule has 2 rings (SSSR count). The lowest BCUT2D eigenvalue weighted by Crippen LogP contribution is -2.39. The highest BCUT2D eigenvalue weighted by Gasteiger charge is 2.10. The molecule has 0 aromatic carbocycles. The van der Waals surface area contributed by atoms with Crippen molar-refractivity contribution in [2.75, 3.05) is 18.6 Å². The van der Waals surface area contributed by atoms with Crippen LogP contribution in [0.3, 0.4) is 0 Å². The smallest absolute Gasteiger partial charge is 0.192 e. The van der Waals surface area contributed by atoms with Crippen LogP contribution in [-0.4, -0.2) is 39.3 Å². The number of nitrogens with one attached hydrogen (secondary N) is 2. The number of aliphatic imine (C=N–C) groups is 1. The van der Waals surface area contributed by atoms with Crippen molar-refractivity contribution >= 4 is 29.1 Å². The molecule has 6 nitrogen and oxygen atoms in total. The van der Waals surface area contributed by atoms with Crippen molar-refractivity contribution in [3.8, 4) is 0 Å². The predicted octanol–water partition coefficient (Wildman–Crippen LogP) is 2.73. The Morgan fingerprint density at radius 3 is 2.92 bits per heavy atom. The van der Waals surface area contributed by atoms with Crippen LogP contribution in [0.1, 0.15) is 35.9 Å². The van der Waals surface area contributed by atoms with E-state index in [4.69, 9.17) is 0 Å². The molecule has 0 bridgehead atoms. The maximum absolute atomic E-state index is 4.68. The molecule has 2 aromatic rings. The lowest BCUT2D eigenvalue weighted by molar-refractivity contribution is 0.683. The van der Waals surface area contributed by atoms with Gasteiger partial charge in [0.05, 0.1) is 6.04 Å². The minimum atomic E-state index is 0.220. The van der Waals surface area contributed by atoms with Gasteiger partial charge in [-0.25, -0.2) is 4.99 Å². The fraction of sp³-hybridized carbons (Fsp3) is 0.562. The first kappa shape index (κ1) is 18.8. The number of thiophene rings is 1. The first-order valence-electron chi connectivity index (χ1n) is 8.04. The lowest BCUT2D eigenvalue weighted by Gasteiger charge is -2.17. The molecule has 132 valence electrons. The highest BCUT2D eigenvalue weighted by atomic mass is 32.2. The highest BCUT2D eigenvalue weighted by molar-refractivity contribution is 7.98. The van der Waals surface area contributed by atoms with Gasteiger partial charge in [-0.2, -0.15) is 11.8 Å². The van der Waals surface area contributed by atoms with Gasteiger partial charge in [0, 0.05) is 18.5 Å². The molecule has 0 saturated heterocycles. The number of nitrogens with zero attached hydrogens (tertiary/aromatic N) is 4. The van der Waals surface area contributed by atoms with Crippen LogP contribution in [0.15, 0.2) is 22.5 Å². The highest BCUT2D eigenvalue weighted by Crippen LogP contribution is 2.17. The molecule has 0 spiro atoms. The third-order valence-electron chi connectivity index (χ3n) is 3.70. The second kappa shape index (κ2) is 9.68. The van der Waals surface area contributed by atoms with Crippen molar-refractivity contribution in [2.45, 2.75) is 32.9 Å². The van der Waals surface area contributed by atoms with E-state index in [0.717, 1.165) is 36.3 Å². The van der Waals surface area contributed by atoms with Gasteiger partial charge >= 0.3 is 0 Å². The molecule has 8 heteroatoms.